The summed E-state index contributed by atoms with van der Waals surface area (Å²) in [5.74, 6) is -0.650. The third kappa shape index (κ3) is 2.61. The van der Waals surface area contributed by atoms with Gasteiger partial charge in [-0.25, -0.2) is 0 Å². The van der Waals surface area contributed by atoms with Gasteiger partial charge in [0.1, 0.15) is 0 Å². The quantitative estimate of drug-likeness (QED) is 0.810. The van der Waals surface area contributed by atoms with Gasteiger partial charge < -0.3 is 10.4 Å². The van der Waals surface area contributed by atoms with Crippen LogP contribution in [-0.2, 0) is 11.2 Å². The molecular formula is C13H17NO2. The summed E-state index contributed by atoms with van der Waals surface area (Å²) in [6.07, 6.45) is 1.82. The normalized spacial score (nSPS) is 25.2. The molecule has 0 radical (unpaired) electrons. The van der Waals surface area contributed by atoms with Crippen molar-refractivity contribution in [3.63, 3.8) is 0 Å². The number of hydrogen-bond donors (Lipinski definition) is 2. The number of hydrogen-bond acceptors (Lipinski definition) is 2. The van der Waals surface area contributed by atoms with Crippen LogP contribution in [0.2, 0.25) is 0 Å². The summed E-state index contributed by atoms with van der Waals surface area (Å²) in [4.78, 5) is 11.1. The van der Waals surface area contributed by atoms with E-state index >= 15 is 0 Å². The summed E-state index contributed by atoms with van der Waals surface area (Å²) in [5, 5.41) is 12.3. The maximum atomic E-state index is 11.1. The molecule has 1 heterocycles. The Labute approximate surface area is 95.5 Å². The van der Waals surface area contributed by atoms with E-state index in [0.29, 0.717) is 6.54 Å². The molecule has 0 aromatic heterocycles. The number of carbonyl (C=O) groups is 1. The van der Waals surface area contributed by atoms with Gasteiger partial charge >= 0.3 is 5.97 Å². The molecular weight excluding hydrogens is 202 g/mol. The number of aliphatic carboxylic acids is 1. The molecule has 0 bridgehead atoms. The molecule has 1 aromatic rings. The summed E-state index contributed by atoms with van der Waals surface area (Å²) in [5.41, 5.74) is 1.24. The number of rotatable bonds is 3. The van der Waals surface area contributed by atoms with E-state index in [0.717, 1.165) is 19.4 Å². The zero-order valence-corrected chi connectivity index (χ0v) is 9.23. The van der Waals surface area contributed by atoms with Crippen LogP contribution in [0.5, 0.6) is 0 Å². The Morgan fingerprint density at radius 1 is 1.38 bits per heavy atom. The maximum Gasteiger partial charge on any atom is 0.308 e. The molecule has 0 aliphatic carbocycles. The lowest BCUT2D eigenvalue weighted by Crippen LogP contribution is -2.41. The van der Waals surface area contributed by atoms with Crippen LogP contribution in [-0.4, -0.2) is 24.2 Å². The SMILES string of the molecule is O=C(O)C1CNCCC1Cc1ccccc1. The lowest BCUT2D eigenvalue weighted by molar-refractivity contribution is -0.144. The fraction of sp³-hybridized carbons (Fsp3) is 0.462. The van der Waals surface area contributed by atoms with Gasteiger partial charge in [-0.2, -0.15) is 0 Å². The van der Waals surface area contributed by atoms with Crippen molar-refractivity contribution in [2.75, 3.05) is 13.1 Å². The highest BCUT2D eigenvalue weighted by atomic mass is 16.4. The Kier molecular flexibility index (Phi) is 3.57. The third-order valence-corrected chi connectivity index (χ3v) is 3.28. The van der Waals surface area contributed by atoms with E-state index in [1.54, 1.807) is 0 Å². The van der Waals surface area contributed by atoms with E-state index in [4.69, 9.17) is 5.11 Å². The van der Waals surface area contributed by atoms with Gasteiger partial charge in [-0.3, -0.25) is 4.79 Å². The van der Waals surface area contributed by atoms with Crippen molar-refractivity contribution in [1.82, 2.24) is 5.32 Å². The van der Waals surface area contributed by atoms with Gasteiger partial charge in [0.2, 0.25) is 0 Å². The molecule has 0 amide bonds. The minimum absolute atomic E-state index is 0.242. The van der Waals surface area contributed by atoms with E-state index in [9.17, 15) is 4.79 Å². The molecule has 1 aliphatic rings. The average molecular weight is 219 g/mol. The van der Waals surface area contributed by atoms with Crippen molar-refractivity contribution in [1.29, 1.82) is 0 Å². The van der Waals surface area contributed by atoms with Gasteiger partial charge in [0.25, 0.3) is 0 Å². The smallest absolute Gasteiger partial charge is 0.308 e. The largest absolute Gasteiger partial charge is 0.481 e. The third-order valence-electron chi connectivity index (χ3n) is 3.28. The van der Waals surface area contributed by atoms with E-state index in [1.807, 2.05) is 18.2 Å². The summed E-state index contributed by atoms with van der Waals surface area (Å²) in [7, 11) is 0. The predicted molar refractivity (Wildman–Crippen MR) is 62.2 cm³/mol. The van der Waals surface area contributed by atoms with Crippen molar-refractivity contribution in [2.45, 2.75) is 12.8 Å². The summed E-state index contributed by atoms with van der Waals surface area (Å²) in [6.45, 7) is 1.54. The highest BCUT2D eigenvalue weighted by Gasteiger charge is 2.30. The van der Waals surface area contributed by atoms with Crippen LogP contribution in [0.15, 0.2) is 30.3 Å². The fourth-order valence-electron chi connectivity index (χ4n) is 2.36. The molecule has 0 saturated carbocycles. The van der Waals surface area contributed by atoms with E-state index in [2.05, 4.69) is 17.4 Å². The van der Waals surface area contributed by atoms with Gasteiger partial charge in [0.05, 0.1) is 5.92 Å². The summed E-state index contributed by atoms with van der Waals surface area (Å²) in [6, 6.07) is 10.1. The summed E-state index contributed by atoms with van der Waals surface area (Å²) < 4.78 is 0. The van der Waals surface area contributed by atoms with Crippen LogP contribution < -0.4 is 5.32 Å². The monoisotopic (exact) mass is 219 g/mol. The van der Waals surface area contributed by atoms with Gasteiger partial charge in [-0.05, 0) is 30.9 Å². The minimum atomic E-state index is -0.673. The van der Waals surface area contributed by atoms with Crippen molar-refractivity contribution in [3.05, 3.63) is 35.9 Å². The van der Waals surface area contributed by atoms with Crippen molar-refractivity contribution in [2.24, 2.45) is 11.8 Å². The number of carboxylic acids is 1. The molecule has 1 aliphatic heterocycles. The van der Waals surface area contributed by atoms with Crippen molar-refractivity contribution in [3.8, 4) is 0 Å². The van der Waals surface area contributed by atoms with Crippen molar-refractivity contribution >= 4 is 5.97 Å². The van der Waals surface area contributed by atoms with Crippen LogP contribution in [0.1, 0.15) is 12.0 Å². The van der Waals surface area contributed by atoms with Crippen LogP contribution >= 0.6 is 0 Å². The van der Waals surface area contributed by atoms with E-state index in [-0.39, 0.29) is 11.8 Å². The topological polar surface area (TPSA) is 49.3 Å². The first-order valence-corrected chi connectivity index (χ1v) is 5.75. The lowest BCUT2D eigenvalue weighted by Gasteiger charge is -2.29. The highest BCUT2D eigenvalue weighted by Crippen LogP contribution is 2.23. The molecule has 3 heteroatoms. The van der Waals surface area contributed by atoms with Gasteiger partial charge in [-0.1, -0.05) is 30.3 Å². The van der Waals surface area contributed by atoms with Crippen LogP contribution in [0.3, 0.4) is 0 Å². The Morgan fingerprint density at radius 3 is 2.81 bits per heavy atom. The molecule has 0 spiro atoms. The molecule has 1 fully saturated rings. The first kappa shape index (κ1) is 11.1. The molecule has 2 N–H and O–H groups in total. The molecule has 2 atom stereocenters. The second-order valence-corrected chi connectivity index (χ2v) is 4.39. The number of nitrogens with one attached hydrogen (secondary N) is 1. The van der Waals surface area contributed by atoms with Crippen LogP contribution in [0.25, 0.3) is 0 Å². The van der Waals surface area contributed by atoms with Gasteiger partial charge in [0, 0.05) is 6.54 Å². The molecule has 2 unspecified atom stereocenters. The first-order chi connectivity index (χ1) is 7.77. The first-order valence-electron chi connectivity index (χ1n) is 5.75. The lowest BCUT2D eigenvalue weighted by atomic mass is 9.82. The van der Waals surface area contributed by atoms with Crippen LogP contribution in [0, 0.1) is 11.8 Å². The molecule has 2 rings (SSSR count). The zero-order chi connectivity index (χ0) is 11.4. The molecule has 16 heavy (non-hydrogen) atoms. The number of carboxylic acid groups (broad SMARTS) is 1. The van der Waals surface area contributed by atoms with Gasteiger partial charge in [0.15, 0.2) is 0 Å². The second-order valence-electron chi connectivity index (χ2n) is 4.39. The fourth-order valence-corrected chi connectivity index (χ4v) is 2.36. The Bertz CT molecular complexity index is 350. The zero-order valence-electron chi connectivity index (χ0n) is 9.23. The predicted octanol–water partition coefficient (Wildman–Crippen LogP) is 1.54. The maximum absolute atomic E-state index is 11.1. The standard InChI is InChI=1S/C13H17NO2/c15-13(16)12-9-14-7-6-11(12)8-10-4-2-1-3-5-10/h1-5,11-12,14H,6-9H2,(H,15,16). The summed E-state index contributed by atoms with van der Waals surface area (Å²) >= 11 is 0. The van der Waals surface area contributed by atoms with Crippen LogP contribution in [0.4, 0.5) is 0 Å². The number of piperidine rings is 1. The van der Waals surface area contributed by atoms with E-state index in [1.165, 1.54) is 5.56 Å². The average Bonchev–Trinajstić information content (AvgIpc) is 2.31. The second kappa shape index (κ2) is 5.12. The molecule has 3 nitrogen and oxygen atoms in total. The Hall–Kier alpha value is -1.35. The molecule has 1 aromatic carbocycles. The number of benzene rings is 1. The molecule has 1 saturated heterocycles. The highest BCUT2D eigenvalue weighted by molar-refractivity contribution is 5.70. The molecule has 86 valence electrons. The Morgan fingerprint density at radius 2 is 2.12 bits per heavy atom. The minimum Gasteiger partial charge on any atom is -0.481 e. The van der Waals surface area contributed by atoms with Crippen molar-refractivity contribution < 1.29 is 9.90 Å². The van der Waals surface area contributed by atoms with E-state index < -0.39 is 5.97 Å². The Balaban J connectivity index is 2.04. The van der Waals surface area contributed by atoms with Gasteiger partial charge in [-0.15, -0.1) is 0 Å².